The van der Waals surface area contributed by atoms with Gasteiger partial charge in [0.25, 0.3) is 0 Å². The molecule has 2 aromatic rings. The minimum absolute atomic E-state index is 0.0164. The van der Waals surface area contributed by atoms with Gasteiger partial charge in [-0.25, -0.2) is 0 Å². The lowest BCUT2D eigenvalue weighted by Gasteiger charge is -2.12. The van der Waals surface area contributed by atoms with E-state index in [2.05, 4.69) is 0 Å². The first-order chi connectivity index (χ1) is 10.1. The molecule has 3 N–H and O–H groups in total. The van der Waals surface area contributed by atoms with E-state index in [1.807, 2.05) is 36.4 Å². The van der Waals surface area contributed by atoms with E-state index in [9.17, 15) is 0 Å². The molecule has 21 heavy (non-hydrogen) atoms. The average Bonchev–Trinajstić information content (AvgIpc) is 2.52. The second-order valence-corrected chi connectivity index (χ2v) is 4.92. The van der Waals surface area contributed by atoms with Crippen molar-refractivity contribution in [1.82, 2.24) is 0 Å². The minimum Gasteiger partial charge on any atom is -0.496 e. The number of benzene rings is 2. The van der Waals surface area contributed by atoms with Gasteiger partial charge >= 0.3 is 0 Å². The van der Waals surface area contributed by atoms with Crippen LogP contribution in [0.4, 0.5) is 0 Å². The molecule has 4 nitrogen and oxygen atoms in total. The maximum Gasteiger partial charge on any atom is 0.125 e. The van der Waals surface area contributed by atoms with Crippen molar-refractivity contribution in [2.45, 2.75) is 13.2 Å². The lowest BCUT2D eigenvalue weighted by atomic mass is 10.1. The molecule has 0 aliphatic carbocycles. The van der Waals surface area contributed by atoms with E-state index in [1.165, 1.54) is 0 Å². The molecule has 0 aliphatic rings. The smallest absolute Gasteiger partial charge is 0.125 e. The summed E-state index contributed by atoms with van der Waals surface area (Å²) >= 11 is 4.98. The molecule has 0 fully saturated rings. The molecule has 0 unspecified atom stereocenters. The van der Waals surface area contributed by atoms with Crippen LogP contribution in [-0.4, -0.2) is 17.2 Å². The summed E-state index contributed by atoms with van der Waals surface area (Å²) in [5.74, 6) is 1.40. The van der Waals surface area contributed by atoms with Crippen molar-refractivity contribution in [3.63, 3.8) is 0 Å². The van der Waals surface area contributed by atoms with E-state index in [4.69, 9.17) is 32.5 Å². The number of aliphatic hydroxyl groups excluding tert-OH is 1. The van der Waals surface area contributed by atoms with Gasteiger partial charge in [-0.3, -0.25) is 0 Å². The van der Waals surface area contributed by atoms with Crippen LogP contribution in [0.15, 0.2) is 42.5 Å². The first kappa shape index (κ1) is 15.3. The van der Waals surface area contributed by atoms with Crippen molar-refractivity contribution >= 4 is 17.2 Å². The normalized spacial score (nSPS) is 10.2. The molecule has 2 rings (SSSR count). The third-order valence-corrected chi connectivity index (χ3v) is 3.28. The third kappa shape index (κ3) is 3.93. The van der Waals surface area contributed by atoms with Gasteiger partial charge < -0.3 is 20.3 Å². The van der Waals surface area contributed by atoms with Gasteiger partial charge in [0.15, 0.2) is 0 Å². The number of rotatable bonds is 6. The zero-order chi connectivity index (χ0) is 15.2. The van der Waals surface area contributed by atoms with E-state index in [1.54, 1.807) is 13.2 Å². The van der Waals surface area contributed by atoms with Crippen molar-refractivity contribution in [2.75, 3.05) is 7.11 Å². The van der Waals surface area contributed by atoms with E-state index in [0.29, 0.717) is 23.1 Å². The maximum absolute atomic E-state index is 9.12. The standard InChI is InChI=1S/C16H17NO3S/c1-19-15-6-5-12(16(17)21)8-13(15)10-20-14-4-2-3-11(7-14)9-18/h2-8,18H,9-10H2,1H3,(H2,17,21). The summed E-state index contributed by atoms with van der Waals surface area (Å²) in [4.78, 5) is 0.334. The summed E-state index contributed by atoms with van der Waals surface area (Å²) < 4.78 is 11.0. The Morgan fingerprint density at radius 3 is 2.71 bits per heavy atom. The van der Waals surface area contributed by atoms with Crippen LogP contribution >= 0.6 is 12.2 Å². The Morgan fingerprint density at radius 1 is 1.24 bits per heavy atom. The predicted molar refractivity (Wildman–Crippen MR) is 85.6 cm³/mol. The van der Waals surface area contributed by atoms with Crippen LogP contribution in [0.2, 0.25) is 0 Å². The van der Waals surface area contributed by atoms with Gasteiger partial charge in [-0.2, -0.15) is 0 Å². The van der Waals surface area contributed by atoms with Crippen LogP contribution in [0, 0.1) is 0 Å². The SMILES string of the molecule is COc1ccc(C(N)=S)cc1COc1cccc(CO)c1. The Kier molecular flexibility index (Phi) is 5.14. The van der Waals surface area contributed by atoms with E-state index < -0.39 is 0 Å². The molecule has 5 heteroatoms. The molecule has 0 bridgehead atoms. The molecule has 0 atom stereocenters. The molecule has 110 valence electrons. The Morgan fingerprint density at radius 2 is 2.05 bits per heavy atom. The number of hydrogen-bond donors (Lipinski definition) is 2. The van der Waals surface area contributed by atoms with Crippen LogP contribution in [0.3, 0.4) is 0 Å². The van der Waals surface area contributed by atoms with Gasteiger partial charge in [0.1, 0.15) is 23.1 Å². The highest BCUT2D eigenvalue weighted by Crippen LogP contribution is 2.22. The Bertz CT molecular complexity index is 643. The quantitative estimate of drug-likeness (QED) is 0.802. The number of aliphatic hydroxyl groups is 1. The van der Waals surface area contributed by atoms with Crippen molar-refractivity contribution in [2.24, 2.45) is 5.73 Å². The molecule has 0 amide bonds. The molecule has 0 saturated heterocycles. The highest BCUT2D eigenvalue weighted by atomic mass is 32.1. The zero-order valence-electron chi connectivity index (χ0n) is 11.7. The van der Waals surface area contributed by atoms with Crippen molar-refractivity contribution in [3.8, 4) is 11.5 Å². The van der Waals surface area contributed by atoms with E-state index >= 15 is 0 Å². The monoisotopic (exact) mass is 303 g/mol. The summed E-state index contributed by atoms with van der Waals surface area (Å²) in [7, 11) is 1.60. The average molecular weight is 303 g/mol. The molecule has 0 aromatic heterocycles. The van der Waals surface area contributed by atoms with Gasteiger partial charge in [-0.05, 0) is 35.9 Å². The van der Waals surface area contributed by atoms with E-state index in [0.717, 1.165) is 16.7 Å². The van der Waals surface area contributed by atoms with Crippen LogP contribution in [-0.2, 0) is 13.2 Å². The zero-order valence-corrected chi connectivity index (χ0v) is 12.5. The Balaban J connectivity index is 2.17. The van der Waals surface area contributed by atoms with Crippen LogP contribution in [0.5, 0.6) is 11.5 Å². The highest BCUT2D eigenvalue weighted by molar-refractivity contribution is 7.80. The first-order valence-corrected chi connectivity index (χ1v) is 6.84. The first-order valence-electron chi connectivity index (χ1n) is 6.43. The number of hydrogen-bond acceptors (Lipinski definition) is 4. The van der Waals surface area contributed by atoms with Gasteiger partial charge in [0.2, 0.25) is 0 Å². The number of thiocarbonyl (C=S) groups is 1. The van der Waals surface area contributed by atoms with Crippen LogP contribution < -0.4 is 15.2 Å². The molecule has 0 radical (unpaired) electrons. The molecule has 0 spiro atoms. The summed E-state index contributed by atoms with van der Waals surface area (Å²) in [6.07, 6.45) is 0. The largest absolute Gasteiger partial charge is 0.496 e. The van der Waals surface area contributed by atoms with Crippen LogP contribution in [0.1, 0.15) is 16.7 Å². The number of methoxy groups -OCH3 is 1. The topological polar surface area (TPSA) is 64.7 Å². The molecule has 0 heterocycles. The fourth-order valence-corrected chi connectivity index (χ4v) is 2.07. The minimum atomic E-state index is -0.0164. The van der Waals surface area contributed by atoms with Gasteiger partial charge in [-0.15, -0.1) is 0 Å². The lowest BCUT2D eigenvalue weighted by Crippen LogP contribution is -2.10. The fourth-order valence-electron chi connectivity index (χ4n) is 1.94. The molecular formula is C16H17NO3S. The predicted octanol–water partition coefficient (Wildman–Crippen LogP) is 2.40. The lowest BCUT2D eigenvalue weighted by molar-refractivity contribution is 0.276. The Labute approximate surface area is 129 Å². The summed E-state index contributed by atoms with van der Waals surface area (Å²) in [6, 6.07) is 12.8. The summed E-state index contributed by atoms with van der Waals surface area (Å²) in [5.41, 5.74) is 8.07. The second kappa shape index (κ2) is 7.06. The summed E-state index contributed by atoms with van der Waals surface area (Å²) in [5, 5.41) is 9.12. The molecule has 0 saturated carbocycles. The van der Waals surface area contributed by atoms with Crippen molar-refractivity contribution < 1.29 is 14.6 Å². The summed E-state index contributed by atoms with van der Waals surface area (Å²) in [6.45, 7) is 0.311. The van der Waals surface area contributed by atoms with Gasteiger partial charge in [0, 0.05) is 11.1 Å². The maximum atomic E-state index is 9.12. The number of nitrogens with two attached hydrogens (primary N) is 1. The Hall–Kier alpha value is -2.11. The van der Waals surface area contributed by atoms with Gasteiger partial charge in [-0.1, -0.05) is 24.4 Å². The number of ether oxygens (including phenoxy) is 2. The fraction of sp³-hybridized carbons (Fsp3) is 0.188. The van der Waals surface area contributed by atoms with Crippen molar-refractivity contribution in [3.05, 3.63) is 59.2 Å². The third-order valence-electron chi connectivity index (χ3n) is 3.04. The van der Waals surface area contributed by atoms with Gasteiger partial charge in [0.05, 0.1) is 13.7 Å². The second-order valence-electron chi connectivity index (χ2n) is 4.49. The molecule has 0 aliphatic heterocycles. The molecule has 2 aromatic carbocycles. The molecular weight excluding hydrogens is 286 g/mol. The highest BCUT2D eigenvalue weighted by Gasteiger charge is 2.07. The van der Waals surface area contributed by atoms with E-state index in [-0.39, 0.29) is 6.61 Å². The van der Waals surface area contributed by atoms with Crippen molar-refractivity contribution in [1.29, 1.82) is 0 Å². The van der Waals surface area contributed by atoms with Crippen LogP contribution in [0.25, 0.3) is 0 Å².